The number of ether oxygens (including phenoxy) is 1. The normalized spacial score (nSPS) is 14.5. The van der Waals surface area contributed by atoms with Gasteiger partial charge in [0.15, 0.2) is 5.96 Å². The highest BCUT2D eigenvalue weighted by molar-refractivity contribution is 14.0. The first kappa shape index (κ1) is 23.7. The van der Waals surface area contributed by atoms with Crippen LogP contribution in [0.1, 0.15) is 44.6 Å². The number of hydrogen-bond donors (Lipinski definition) is 3. The van der Waals surface area contributed by atoms with E-state index in [9.17, 15) is 4.79 Å². The SMILES string of the molecule is CCNC(=NCc1cccc(NC(=O)C2CCCC2)c1)NCCCOC.I. The molecule has 0 radical (unpaired) electrons. The average Bonchev–Trinajstić information content (AvgIpc) is 3.18. The van der Waals surface area contributed by atoms with Crippen LogP contribution in [0.25, 0.3) is 0 Å². The van der Waals surface area contributed by atoms with Gasteiger partial charge in [0.05, 0.1) is 6.54 Å². The monoisotopic (exact) mass is 488 g/mol. The molecule has 0 bridgehead atoms. The van der Waals surface area contributed by atoms with E-state index in [-0.39, 0.29) is 35.8 Å². The molecule has 1 saturated carbocycles. The summed E-state index contributed by atoms with van der Waals surface area (Å²) < 4.78 is 5.06. The van der Waals surface area contributed by atoms with Crippen molar-refractivity contribution in [2.45, 2.75) is 45.6 Å². The number of guanidine groups is 1. The molecule has 0 heterocycles. The minimum absolute atomic E-state index is 0. The van der Waals surface area contributed by atoms with Gasteiger partial charge in [-0.1, -0.05) is 25.0 Å². The number of aliphatic imine (C=N–C) groups is 1. The van der Waals surface area contributed by atoms with Crippen LogP contribution >= 0.6 is 24.0 Å². The van der Waals surface area contributed by atoms with Crippen LogP contribution < -0.4 is 16.0 Å². The molecule has 7 heteroatoms. The van der Waals surface area contributed by atoms with Gasteiger partial charge < -0.3 is 20.7 Å². The van der Waals surface area contributed by atoms with Crippen LogP contribution in [0.5, 0.6) is 0 Å². The Morgan fingerprint density at radius 2 is 2.04 bits per heavy atom. The van der Waals surface area contributed by atoms with Crippen molar-refractivity contribution in [3.63, 3.8) is 0 Å². The summed E-state index contributed by atoms with van der Waals surface area (Å²) in [6.07, 6.45) is 5.28. The van der Waals surface area contributed by atoms with E-state index in [1.807, 2.05) is 31.2 Å². The van der Waals surface area contributed by atoms with Gasteiger partial charge in [-0.05, 0) is 43.9 Å². The number of carbonyl (C=O) groups excluding carboxylic acids is 1. The summed E-state index contributed by atoms with van der Waals surface area (Å²) in [5.74, 6) is 1.12. The number of halogens is 1. The van der Waals surface area contributed by atoms with Crippen molar-refractivity contribution >= 4 is 41.5 Å². The van der Waals surface area contributed by atoms with Crippen molar-refractivity contribution in [1.82, 2.24) is 10.6 Å². The van der Waals surface area contributed by atoms with Crippen molar-refractivity contribution in [2.24, 2.45) is 10.9 Å². The van der Waals surface area contributed by atoms with Gasteiger partial charge in [-0.15, -0.1) is 24.0 Å². The van der Waals surface area contributed by atoms with E-state index < -0.39 is 0 Å². The molecular formula is C20H33IN4O2. The summed E-state index contributed by atoms with van der Waals surface area (Å²) in [4.78, 5) is 16.9. The minimum Gasteiger partial charge on any atom is -0.385 e. The van der Waals surface area contributed by atoms with Crippen LogP contribution in [0.15, 0.2) is 29.3 Å². The van der Waals surface area contributed by atoms with Crippen molar-refractivity contribution in [3.8, 4) is 0 Å². The van der Waals surface area contributed by atoms with E-state index in [4.69, 9.17) is 4.74 Å². The molecule has 0 aromatic heterocycles. The number of rotatable bonds is 9. The van der Waals surface area contributed by atoms with E-state index in [0.29, 0.717) is 6.54 Å². The summed E-state index contributed by atoms with van der Waals surface area (Å²) in [6, 6.07) is 7.94. The molecule has 0 atom stereocenters. The Hall–Kier alpha value is -1.35. The first-order valence-corrected chi connectivity index (χ1v) is 9.64. The molecule has 0 aliphatic heterocycles. The van der Waals surface area contributed by atoms with Gasteiger partial charge in [-0.2, -0.15) is 0 Å². The molecule has 1 aliphatic carbocycles. The van der Waals surface area contributed by atoms with E-state index in [1.165, 1.54) is 0 Å². The van der Waals surface area contributed by atoms with Gasteiger partial charge in [-0.3, -0.25) is 4.79 Å². The molecule has 1 fully saturated rings. The number of methoxy groups -OCH3 is 1. The zero-order valence-electron chi connectivity index (χ0n) is 16.4. The standard InChI is InChI=1S/C20H32N4O2.HI/c1-3-21-20(22-12-7-13-26-2)23-15-16-8-6-11-18(14-16)24-19(25)17-9-4-5-10-17;/h6,8,11,14,17H,3-5,7,9-10,12-13,15H2,1-2H3,(H,24,25)(H2,21,22,23);1H. The van der Waals surface area contributed by atoms with Crippen molar-refractivity contribution < 1.29 is 9.53 Å². The lowest BCUT2D eigenvalue weighted by Crippen LogP contribution is -2.38. The number of amides is 1. The number of benzene rings is 1. The van der Waals surface area contributed by atoms with E-state index in [1.54, 1.807) is 7.11 Å². The first-order valence-electron chi connectivity index (χ1n) is 9.64. The molecule has 3 N–H and O–H groups in total. The third kappa shape index (κ3) is 8.92. The fraction of sp³-hybridized carbons (Fsp3) is 0.600. The average molecular weight is 488 g/mol. The van der Waals surface area contributed by atoms with Crippen molar-refractivity contribution in [3.05, 3.63) is 29.8 Å². The zero-order chi connectivity index (χ0) is 18.6. The van der Waals surface area contributed by atoms with Crippen LogP contribution in [0.3, 0.4) is 0 Å². The topological polar surface area (TPSA) is 74.8 Å². The maximum absolute atomic E-state index is 12.3. The number of nitrogens with one attached hydrogen (secondary N) is 3. The van der Waals surface area contributed by atoms with Gasteiger partial charge in [0.1, 0.15) is 0 Å². The first-order chi connectivity index (χ1) is 12.7. The number of anilines is 1. The third-order valence-electron chi connectivity index (χ3n) is 4.50. The number of nitrogens with zero attached hydrogens (tertiary/aromatic N) is 1. The second-order valence-electron chi connectivity index (χ2n) is 6.64. The maximum Gasteiger partial charge on any atom is 0.227 e. The van der Waals surface area contributed by atoms with E-state index in [0.717, 1.165) is 69.0 Å². The Morgan fingerprint density at radius 1 is 1.26 bits per heavy atom. The van der Waals surface area contributed by atoms with Crippen LogP contribution in [0, 0.1) is 5.92 Å². The molecule has 152 valence electrons. The van der Waals surface area contributed by atoms with E-state index in [2.05, 4.69) is 20.9 Å². The highest BCUT2D eigenvalue weighted by Crippen LogP contribution is 2.26. The molecule has 1 aliphatic rings. The Labute approximate surface area is 179 Å². The molecule has 0 unspecified atom stereocenters. The lowest BCUT2D eigenvalue weighted by Gasteiger charge is -2.12. The van der Waals surface area contributed by atoms with Crippen molar-refractivity contribution in [2.75, 3.05) is 32.1 Å². The molecule has 0 spiro atoms. The third-order valence-corrected chi connectivity index (χ3v) is 4.50. The van der Waals surface area contributed by atoms with Crippen LogP contribution in [0.4, 0.5) is 5.69 Å². The summed E-state index contributed by atoms with van der Waals surface area (Å²) in [6.45, 7) is 4.97. The Bertz CT molecular complexity index is 589. The quantitative estimate of drug-likeness (QED) is 0.215. The summed E-state index contributed by atoms with van der Waals surface area (Å²) in [5.41, 5.74) is 1.93. The molecule has 2 rings (SSSR count). The van der Waals surface area contributed by atoms with Gasteiger partial charge in [0.2, 0.25) is 5.91 Å². The van der Waals surface area contributed by atoms with Gasteiger partial charge >= 0.3 is 0 Å². The molecule has 0 saturated heterocycles. The molecule has 1 aromatic carbocycles. The highest BCUT2D eigenvalue weighted by atomic mass is 127. The fourth-order valence-corrected chi connectivity index (χ4v) is 3.12. The number of hydrogen-bond acceptors (Lipinski definition) is 3. The summed E-state index contributed by atoms with van der Waals surface area (Å²) >= 11 is 0. The number of carbonyl (C=O) groups is 1. The Balaban J connectivity index is 0.00000364. The second-order valence-corrected chi connectivity index (χ2v) is 6.64. The fourth-order valence-electron chi connectivity index (χ4n) is 3.12. The van der Waals surface area contributed by atoms with Crippen LogP contribution in [-0.2, 0) is 16.1 Å². The lowest BCUT2D eigenvalue weighted by molar-refractivity contribution is -0.119. The lowest BCUT2D eigenvalue weighted by atomic mass is 10.1. The second kappa shape index (κ2) is 13.8. The van der Waals surface area contributed by atoms with Crippen LogP contribution in [0.2, 0.25) is 0 Å². The highest BCUT2D eigenvalue weighted by Gasteiger charge is 2.22. The maximum atomic E-state index is 12.3. The molecule has 1 aromatic rings. The molecule has 27 heavy (non-hydrogen) atoms. The minimum atomic E-state index is 0. The molecule has 1 amide bonds. The van der Waals surface area contributed by atoms with Crippen molar-refractivity contribution in [1.29, 1.82) is 0 Å². The Morgan fingerprint density at radius 3 is 2.74 bits per heavy atom. The summed E-state index contributed by atoms with van der Waals surface area (Å²) in [5, 5.41) is 9.59. The zero-order valence-corrected chi connectivity index (χ0v) is 18.8. The van der Waals surface area contributed by atoms with E-state index >= 15 is 0 Å². The van der Waals surface area contributed by atoms with Crippen LogP contribution in [-0.4, -0.2) is 38.7 Å². The molecular weight excluding hydrogens is 455 g/mol. The summed E-state index contributed by atoms with van der Waals surface area (Å²) in [7, 11) is 1.71. The smallest absolute Gasteiger partial charge is 0.227 e. The Kier molecular flexibility index (Phi) is 12.1. The van der Waals surface area contributed by atoms with Gasteiger partial charge in [-0.25, -0.2) is 4.99 Å². The van der Waals surface area contributed by atoms with Gasteiger partial charge in [0, 0.05) is 38.4 Å². The predicted molar refractivity (Wildman–Crippen MR) is 122 cm³/mol. The molecule has 6 nitrogen and oxygen atoms in total. The van der Waals surface area contributed by atoms with Gasteiger partial charge in [0.25, 0.3) is 0 Å². The predicted octanol–water partition coefficient (Wildman–Crippen LogP) is 3.52. The largest absolute Gasteiger partial charge is 0.385 e.